The number of rotatable bonds is 8. The lowest BCUT2D eigenvalue weighted by Gasteiger charge is -2.23. The van der Waals surface area contributed by atoms with Crippen LogP contribution in [0.15, 0.2) is 48.8 Å². The second-order valence-electron chi connectivity index (χ2n) is 6.04. The first-order valence-electron chi connectivity index (χ1n) is 8.47. The van der Waals surface area contributed by atoms with E-state index in [1.54, 1.807) is 24.5 Å². The van der Waals surface area contributed by atoms with Crippen molar-refractivity contribution in [3.63, 3.8) is 0 Å². The molecular weight excluding hydrogens is 320 g/mol. The minimum atomic E-state index is -0.753. The molecule has 1 aliphatic rings. The molecule has 0 unspecified atom stereocenters. The van der Waals surface area contributed by atoms with Crippen molar-refractivity contribution in [3.05, 3.63) is 48.8 Å². The van der Waals surface area contributed by atoms with Gasteiger partial charge in [-0.3, -0.25) is 14.7 Å². The van der Waals surface area contributed by atoms with E-state index in [2.05, 4.69) is 9.88 Å². The molecule has 1 saturated heterocycles. The molecule has 1 atom stereocenters. The highest BCUT2D eigenvalue weighted by Crippen LogP contribution is 2.24. The maximum absolute atomic E-state index is 10.7. The van der Waals surface area contributed by atoms with Crippen molar-refractivity contribution >= 4 is 5.97 Å². The molecule has 2 heterocycles. The Balaban J connectivity index is 1.49. The summed E-state index contributed by atoms with van der Waals surface area (Å²) in [6, 6.07) is 11.4. The predicted octanol–water partition coefficient (Wildman–Crippen LogP) is 3.19. The number of nitrogens with zero attached hydrogens (tertiary/aromatic N) is 2. The fourth-order valence-electron chi connectivity index (χ4n) is 2.96. The standard InChI is InChI=1S/C19H22N2O4/c22-19(23)9-13-21-12-1-2-15(21)14-24-16-3-5-17(6-4-16)25-18-7-10-20-11-8-18/h3-8,10-11,15H,1-2,9,12-14H2,(H,22,23)/t15-/m1/s1. The molecule has 1 N–H and O–H groups in total. The van der Waals surface area contributed by atoms with Crippen molar-refractivity contribution in [3.8, 4) is 17.2 Å². The number of benzene rings is 1. The highest BCUT2D eigenvalue weighted by atomic mass is 16.5. The Kier molecular flexibility index (Phi) is 5.85. The van der Waals surface area contributed by atoms with Crippen molar-refractivity contribution in [2.45, 2.75) is 25.3 Å². The largest absolute Gasteiger partial charge is 0.492 e. The normalized spacial score (nSPS) is 17.4. The van der Waals surface area contributed by atoms with E-state index in [0.717, 1.165) is 36.6 Å². The first-order valence-corrected chi connectivity index (χ1v) is 8.47. The van der Waals surface area contributed by atoms with Gasteiger partial charge in [0, 0.05) is 25.0 Å². The van der Waals surface area contributed by atoms with Crippen LogP contribution in [0.2, 0.25) is 0 Å². The van der Waals surface area contributed by atoms with Crippen LogP contribution in [0.4, 0.5) is 0 Å². The second kappa shape index (κ2) is 8.48. The van der Waals surface area contributed by atoms with Gasteiger partial charge in [0.15, 0.2) is 0 Å². The molecule has 0 radical (unpaired) electrons. The number of pyridine rings is 1. The molecule has 0 aliphatic carbocycles. The zero-order valence-electron chi connectivity index (χ0n) is 14.0. The Bertz CT molecular complexity index is 676. The first kappa shape index (κ1) is 17.2. The third-order valence-corrected chi connectivity index (χ3v) is 4.26. The van der Waals surface area contributed by atoms with Gasteiger partial charge in [-0.05, 0) is 55.8 Å². The third kappa shape index (κ3) is 5.19. The van der Waals surface area contributed by atoms with Gasteiger partial charge in [0.2, 0.25) is 0 Å². The summed E-state index contributed by atoms with van der Waals surface area (Å²) in [7, 11) is 0. The molecule has 1 fully saturated rings. The van der Waals surface area contributed by atoms with Crippen LogP contribution in [-0.4, -0.2) is 46.7 Å². The van der Waals surface area contributed by atoms with Gasteiger partial charge < -0.3 is 14.6 Å². The third-order valence-electron chi connectivity index (χ3n) is 4.26. The number of aromatic nitrogens is 1. The van der Waals surface area contributed by atoms with E-state index in [1.807, 2.05) is 24.3 Å². The zero-order chi connectivity index (χ0) is 17.5. The molecular formula is C19H22N2O4. The van der Waals surface area contributed by atoms with Gasteiger partial charge in [-0.15, -0.1) is 0 Å². The second-order valence-corrected chi connectivity index (χ2v) is 6.04. The molecule has 1 aromatic carbocycles. The molecule has 1 aliphatic heterocycles. The van der Waals surface area contributed by atoms with E-state index in [4.69, 9.17) is 14.6 Å². The molecule has 25 heavy (non-hydrogen) atoms. The lowest BCUT2D eigenvalue weighted by molar-refractivity contribution is -0.137. The number of carboxylic acids is 1. The molecule has 0 amide bonds. The van der Waals surface area contributed by atoms with E-state index >= 15 is 0 Å². The molecule has 6 nitrogen and oxygen atoms in total. The van der Waals surface area contributed by atoms with Crippen molar-refractivity contribution < 1.29 is 19.4 Å². The summed E-state index contributed by atoms with van der Waals surface area (Å²) in [4.78, 5) is 16.9. The van der Waals surface area contributed by atoms with Crippen LogP contribution in [-0.2, 0) is 4.79 Å². The molecule has 1 aromatic heterocycles. The summed E-state index contributed by atoms with van der Waals surface area (Å²) in [5, 5.41) is 8.83. The lowest BCUT2D eigenvalue weighted by atomic mass is 10.2. The SMILES string of the molecule is O=C(O)CCN1CCC[C@@H]1COc1ccc(Oc2ccncc2)cc1. The fourth-order valence-corrected chi connectivity index (χ4v) is 2.96. The van der Waals surface area contributed by atoms with Crippen LogP contribution in [0.25, 0.3) is 0 Å². The van der Waals surface area contributed by atoms with Gasteiger partial charge in [0.1, 0.15) is 23.9 Å². The van der Waals surface area contributed by atoms with Crippen molar-refractivity contribution in [2.75, 3.05) is 19.7 Å². The molecule has 0 spiro atoms. The van der Waals surface area contributed by atoms with Gasteiger partial charge in [-0.1, -0.05) is 0 Å². The van der Waals surface area contributed by atoms with Crippen molar-refractivity contribution in [2.24, 2.45) is 0 Å². The van der Waals surface area contributed by atoms with Gasteiger partial charge in [0.05, 0.1) is 6.42 Å². The molecule has 132 valence electrons. The topological polar surface area (TPSA) is 71.9 Å². The van der Waals surface area contributed by atoms with E-state index in [9.17, 15) is 4.79 Å². The molecule has 6 heteroatoms. The Morgan fingerprint density at radius 2 is 1.80 bits per heavy atom. The maximum Gasteiger partial charge on any atom is 0.304 e. The minimum absolute atomic E-state index is 0.178. The summed E-state index contributed by atoms with van der Waals surface area (Å²) in [5.41, 5.74) is 0. The highest BCUT2D eigenvalue weighted by molar-refractivity contribution is 5.66. The fraction of sp³-hybridized carbons (Fsp3) is 0.368. The molecule has 0 saturated carbocycles. The monoisotopic (exact) mass is 342 g/mol. The van der Waals surface area contributed by atoms with Gasteiger partial charge in [-0.25, -0.2) is 0 Å². The van der Waals surface area contributed by atoms with E-state index in [0.29, 0.717) is 13.2 Å². The number of ether oxygens (including phenoxy) is 2. The van der Waals surface area contributed by atoms with E-state index in [1.165, 1.54) is 0 Å². The maximum atomic E-state index is 10.7. The summed E-state index contributed by atoms with van der Waals surface area (Å²) in [6.45, 7) is 2.10. The molecule has 2 aromatic rings. The number of likely N-dealkylation sites (tertiary alicyclic amines) is 1. The lowest BCUT2D eigenvalue weighted by Crippen LogP contribution is -2.35. The van der Waals surface area contributed by atoms with E-state index < -0.39 is 5.97 Å². The summed E-state index contributed by atoms with van der Waals surface area (Å²) in [6.07, 6.45) is 5.68. The van der Waals surface area contributed by atoms with Crippen LogP contribution in [0.3, 0.4) is 0 Å². The van der Waals surface area contributed by atoms with Crippen LogP contribution in [0, 0.1) is 0 Å². The Morgan fingerprint density at radius 3 is 2.52 bits per heavy atom. The van der Waals surface area contributed by atoms with Crippen LogP contribution in [0.5, 0.6) is 17.2 Å². The van der Waals surface area contributed by atoms with E-state index in [-0.39, 0.29) is 12.5 Å². The smallest absolute Gasteiger partial charge is 0.304 e. The first-order chi connectivity index (χ1) is 12.2. The van der Waals surface area contributed by atoms with Crippen LogP contribution in [0.1, 0.15) is 19.3 Å². The molecule has 0 bridgehead atoms. The minimum Gasteiger partial charge on any atom is -0.492 e. The van der Waals surface area contributed by atoms with Crippen LogP contribution >= 0.6 is 0 Å². The number of carbonyl (C=O) groups is 1. The average Bonchev–Trinajstić information content (AvgIpc) is 3.08. The number of hydrogen-bond acceptors (Lipinski definition) is 5. The van der Waals surface area contributed by atoms with Crippen molar-refractivity contribution in [1.29, 1.82) is 0 Å². The zero-order valence-corrected chi connectivity index (χ0v) is 14.0. The number of aliphatic carboxylic acids is 1. The average molecular weight is 342 g/mol. The van der Waals surface area contributed by atoms with Gasteiger partial charge in [0.25, 0.3) is 0 Å². The van der Waals surface area contributed by atoms with Crippen LogP contribution < -0.4 is 9.47 Å². The quantitative estimate of drug-likeness (QED) is 0.794. The summed E-state index contributed by atoms with van der Waals surface area (Å²) < 4.78 is 11.6. The number of carboxylic acid groups (broad SMARTS) is 1. The van der Waals surface area contributed by atoms with Crippen molar-refractivity contribution in [1.82, 2.24) is 9.88 Å². The Morgan fingerprint density at radius 1 is 1.12 bits per heavy atom. The van der Waals surface area contributed by atoms with Gasteiger partial charge >= 0.3 is 5.97 Å². The highest BCUT2D eigenvalue weighted by Gasteiger charge is 2.25. The molecule has 3 rings (SSSR count). The van der Waals surface area contributed by atoms with Gasteiger partial charge in [-0.2, -0.15) is 0 Å². The number of hydrogen-bond donors (Lipinski definition) is 1. The summed E-state index contributed by atoms with van der Waals surface area (Å²) >= 11 is 0. The summed E-state index contributed by atoms with van der Waals surface area (Å²) in [5.74, 6) is 1.51. The Hall–Kier alpha value is -2.60. The predicted molar refractivity (Wildman–Crippen MR) is 93.1 cm³/mol. The Labute approximate surface area is 147 Å².